The highest BCUT2D eigenvalue weighted by Gasteiger charge is 2.27. The van der Waals surface area contributed by atoms with Crippen molar-refractivity contribution >= 4 is 34.4 Å². The second kappa shape index (κ2) is 8.67. The van der Waals surface area contributed by atoms with Crippen LogP contribution < -0.4 is 5.56 Å². The van der Waals surface area contributed by atoms with Crippen LogP contribution >= 0.6 is 11.8 Å². The Labute approximate surface area is 172 Å². The number of ether oxygens (including phenoxy) is 2. The van der Waals surface area contributed by atoms with Crippen molar-refractivity contribution in [3.8, 4) is 0 Å². The maximum Gasteiger partial charge on any atom is 0.337 e. The van der Waals surface area contributed by atoms with Gasteiger partial charge in [-0.15, -0.1) is 0 Å². The molecule has 7 nitrogen and oxygen atoms in total. The molecule has 1 saturated carbocycles. The first-order chi connectivity index (χ1) is 14.1. The van der Waals surface area contributed by atoms with Crippen LogP contribution in [-0.4, -0.2) is 46.4 Å². The molecule has 2 aromatic rings. The number of rotatable bonds is 5. The van der Waals surface area contributed by atoms with Crippen LogP contribution in [0.3, 0.4) is 0 Å². The predicted molar refractivity (Wildman–Crippen MR) is 109 cm³/mol. The van der Waals surface area contributed by atoms with E-state index in [2.05, 4.69) is 0 Å². The summed E-state index contributed by atoms with van der Waals surface area (Å²) in [5, 5.41) is 0.767. The summed E-state index contributed by atoms with van der Waals surface area (Å²) in [6.45, 7) is 1.12. The molecule has 2 heterocycles. The summed E-state index contributed by atoms with van der Waals surface area (Å²) in [5.41, 5.74) is 0.605. The van der Waals surface area contributed by atoms with Gasteiger partial charge >= 0.3 is 5.97 Å². The molecule has 2 fully saturated rings. The zero-order valence-electron chi connectivity index (χ0n) is 16.4. The Morgan fingerprint density at radius 3 is 2.86 bits per heavy atom. The number of ketones is 1. The van der Waals surface area contributed by atoms with Gasteiger partial charge in [0.05, 0.1) is 41.5 Å². The lowest BCUT2D eigenvalue weighted by molar-refractivity contribution is -0.119. The van der Waals surface area contributed by atoms with Crippen molar-refractivity contribution in [1.29, 1.82) is 0 Å². The minimum atomic E-state index is -0.478. The van der Waals surface area contributed by atoms with Gasteiger partial charge in [0.15, 0.2) is 5.16 Å². The third kappa shape index (κ3) is 4.23. The number of esters is 1. The molecule has 0 N–H and O–H groups in total. The van der Waals surface area contributed by atoms with Gasteiger partial charge in [-0.1, -0.05) is 18.2 Å². The van der Waals surface area contributed by atoms with E-state index < -0.39 is 5.97 Å². The molecule has 8 heteroatoms. The van der Waals surface area contributed by atoms with Crippen LogP contribution in [0.2, 0.25) is 0 Å². The van der Waals surface area contributed by atoms with E-state index in [0.29, 0.717) is 41.2 Å². The lowest BCUT2D eigenvalue weighted by atomic mass is 9.99. The highest BCUT2D eigenvalue weighted by molar-refractivity contribution is 8.00. The monoisotopic (exact) mass is 416 g/mol. The molecular weight excluding hydrogens is 392 g/mol. The standard InChI is InChI=1S/C21H24N2O5S/c1-27-20(26)13-8-9-15-16(11-13)22-21(29-18-7-3-2-6-17(18)24)23(19(15)25)12-14-5-4-10-28-14/h8-9,11,14,18H,2-7,10,12H2,1H3/t14-,18+/m1/s1. The lowest BCUT2D eigenvalue weighted by Crippen LogP contribution is -2.30. The van der Waals surface area contributed by atoms with Crippen molar-refractivity contribution in [2.75, 3.05) is 13.7 Å². The van der Waals surface area contributed by atoms with Gasteiger partial charge in [0, 0.05) is 13.0 Å². The summed E-state index contributed by atoms with van der Waals surface area (Å²) in [6.07, 6.45) is 5.15. The van der Waals surface area contributed by atoms with Crippen molar-refractivity contribution in [2.24, 2.45) is 0 Å². The third-order valence-corrected chi connectivity index (χ3v) is 6.80. The Bertz CT molecular complexity index is 996. The fourth-order valence-electron chi connectivity index (χ4n) is 3.89. The number of Topliss-reactive ketones (excluding diaryl/α,β-unsaturated/α-hetero) is 1. The smallest absolute Gasteiger partial charge is 0.337 e. The van der Waals surface area contributed by atoms with E-state index in [1.54, 1.807) is 22.8 Å². The predicted octanol–water partition coefficient (Wildman–Crippen LogP) is 2.97. The normalized spacial score (nSPS) is 22.2. The molecule has 0 amide bonds. The van der Waals surface area contributed by atoms with Crippen LogP contribution in [0.15, 0.2) is 28.2 Å². The van der Waals surface area contributed by atoms with E-state index in [1.807, 2.05) is 0 Å². The number of fused-ring (bicyclic) bond motifs is 1. The number of methoxy groups -OCH3 is 1. The maximum absolute atomic E-state index is 13.3. The van der Waals surface area contributed by atoms with Crippen LogP contribution in [0, 0.1) is 0 Å². The Morgan fingerprint density at radius 1 is 1.28 bits per heavy atom. The van der Waals surface area contributed by atoms with E-state index in [9.17, 15) is 14.4 Å². The number of hydrogen-bond donors (Lipinski definition) is 0. The first-order valence-electron chi connectivity index (χ1n) is 10.0. The lowest BCUT2D eigenvalue weighted by Gasteiger charge is -2.22. The molecule has 4 rings (SSSR count). The largest absolute Gasteiger partial charge is 0.465 e. The van der Waals surface area contributed by atoms with Gasteiger partial charge in [-0.05, 0) is 43.9 Å². The van der Waals surface area contributed by atoms with E-state index >= 15 is 0 Å². The van der Waals surface area contributed by atoms with Gasteiger partial charge in [-0.2, -0.15) is 0 Å². The Morgan fingerprint density at radius 2 is 2.14 bits per heavy atom. The second-order valence-electron chi connectivity index (χ2n) is 7.49. The van der Waals surface area contributed by atoms with Crippen LogP contribution in [0.4, 0.5) is 0 Å². The summed E-state index contributed by atoms with van der Waals surface area (Å²) in [5.74, 6) is -0.267. The number of benzene rings is 1. The average molecular weight is 416 g/mol. The average Bonchev–Trinajstić information content (AvgIpc) is 3.25. The summed E-state index contributed by atoms with van der Waals surface area (Å²) in [6, 6.07) is 4.76. The van der Waals surface area contributed by atoms with E-state index in [-0.39, 0.29) is 22.7 Å². The van der Waals surface area contributed by atoms with E-state index in [4.69, 9.17) is 14.5 Å². The van der Waals surface area contributed by atoms with E-state index in [1.165, 1.54) is 18.9 Å². The molecule has 0 bridgehead atoms. The highest BCUT2D eigenvalue weighted by Crippen LogP contribution is 2.31. The van der Waals surface area contributed by atoms with Gasteiger partial charge in [0.1, 0.15) is 5.78 Å². The topological polar surface area (TPSA) is 87.5 Å². The molecule has 1 aliphatic carbocycles. The SMILES string of the molecule is COC(=O)c1ccc2c(=O)n(C[C@H]3CCCO3)c(S[C@H]3CCCCC3=O)nc2c1. The number of carbonyl (C=O) groups is 2. The molecule has 1 aromatic heterocycles. The van der Waals surface area contributed by atoms with Crippen molar-refractivity contribution in [3.63, 3.8) is 0 Å². The molecule has 1 saturated heterocycles. The summed E-state index contributed by atoms with van der Waals surface area (Å²) in [7, 11) is 1.31. The minimum Gasteiger partial charge on any atom is -0.465 e. The van der Waals surface area contributed by atoms with Crippen LogP contribution in [0.5, 0.6) is 0 Å². The highest BCUT2D eigenvalue weighted by atomic mass is 32.2. The molecule has 29 heavy (non-hydrogen) atoms. The van der Waals surface area contributed by atoms with Crippen molar-refractivity contribution < 1.29 is 19.1 Å². The Balaban J connectivity index is 1.78. The third-order valence-electron chi connectivity index (χ3n) is 5.50. The number of carbonyl (C=O) groups excluding carboxylic acids is 2. The zero-order valence-corrected chi connectivity index (χ0v) is 17.2. The van der Waals surface area contributed by atoms with Crippen LogP contribution in [0.25, 0.3) is 10.9 Å². The summed E-state index contributed by atoms with van der Waals surface area (Å²) < 4.78 is 12.1. The molecule has 0 spiro atoms. The molecule has 2 atom stereocenters. The first-order valence-corrected chi connectivity index (χ1v) is 10.9. The van der Waals surface area contributed by atoms with Gasteiger partial charge in [-0.3, -0.25) is 14.2 Å². The summed E-state index contributed by atoms with van der Waals surface area (Å²) in [4.78, 5) is 42.2. The first kappa shape index (κ1) is 20.1. The Hall–Kier alpha value is -2.19. The maximum atomic E-state index is 13.3. The number of nitrogens with zero attached hydrogens (tertiary/aromatic N) is 2. The molecule has 0 radical (unpaired) electrons. The summed E-state index contributed by atoms with van der Waals surface area (Å²) >= 11 is 1.36. The van der Waals surface area contributed by atoms with E-state index in [0.717, 1.165) is 32.1 Å². The molecule has 2 aliphatic rings. The van der Waals surface area contributed by atoms with Crippen molar-refractivity contribution in [2.45, 2.75) is 61.6 Å². The number of thioether (sulfide) groups is 1. The molecular formula is C21H24N2O5S. The zero-order chi connectivity index (χ0) is 20.4. The number of aromatic nitrogens is 2. The van der Waals surface area contributed by atoms with Gasteiger partial charge in [0.2, 0.25) is 0 Å². The quantitative estimate of drug-likeness (QED) is 0.547. The molecule has 1 aliphatic heterocycles. The van der Waals surface area contributed by atoms with Crippen LogP contribution in [-0.2, 0) is 20.8 Å². The molecule has 0 unspecified atom stereocenters. The number of hydrogen-bond acceptors (Lipinski definition) is 7. The molecule has 154 valence electrons. The fourth-order valence-corrected chi connectivity index (χ4v) is 5.12. The van der Waals surface area contributed by atoms with Gasteiger partial charge < -0.3 is 9.47 Å². The van der Waals surface area contributed by atoms with Crippen molar-refractivity contribution in [3.05, 3.63) is 34.1 Å². The fraction of sp³-hybridized carbons (Fsp3) is 0.524. The van der Waals surface area contributed by atoms with Crippen LogP contribution in [0.1, 0.15) is 48.9 Å². The second-order valence-corrected chi connectivity index (χ2v) is 8.66. The molecule has 1 aromatic carbocycles. The van der Waals surface area contributed by atoms with Gasteiger partial charge in [0.25, 0.3) is 5.56 Å². The van der Waals surface area contributed by atoms with Crippen molar-refractivity contribution in [1.82, 2.24) is 9.55 Å². The minimum absolute atomic E-state index is 0.0253. The van der Waals surface area contributed by atoms with Gasteiger partial charge in [-0.25, -0.2) is 9.78 Å². The Kier molecular flexibility index (Phi) is 6.01.